The molecular formula is C15H16N2O4. The van der Waals surface area contributed by atoms with Crippen molar-refractivity contribution < 1.29 is 19.2 Å². The average molecular weight is 288 g/mol. The number of likely N-dealkylation sites (N-methyl/N-ethyl adjacent to an activating group) is 1. The summed E-state index contributed by atoms with van der Waals surface area (Å²) in [6.07, 6.45) is 0. The van der Waals surface area contributed by atoms with Gasteiger partial charge in [0.05, 0.1) is 0 Å². The molecule has 0 aliphatic heterocycles. The number of carboxylic acid groups (broad SMARTS) is 1. The number of aryl methyl sites for hydroxylation is 1. The molecule has 21 heavy (non-hydrogen) atoms. The highest BCUT2D eigenvalue weighted by atomic mass is 16.5. The van der Waals surface area contributed by atoms with Gasteiger partial charge in [0.25, 0.3) is 5.91 Å². The molecule has 0 aliphatic carbocycles. The van der Waals surface area contributed by atoms with E-state index in [1.54, 1.807) is 13.8 Å². The number of hydrogen-bond acceptors (Lipinski definition) is 4. The Morgan fingerprint density at radius 1 is 1.29 bits per heavy atom. The van der Waals surface area contributed by atoms with Gasteiger partial charge >= 0.3 is 5.97 Å². The first-order valence-corrected chi connectivity index (χ1v) is 6.57. The quantitative estimate of drug-likeness (QED) is 0.911. The van der Waals surface area contributed by atoms with Crippen molar-refractivity contribution in [1.82, 2.24) is 10.1 Å². The Hall–Kier alpha value is -2.63. The number of aromatic nitrogens is 1. The van der Waals surface area contributed by atoms with Crippen LogP contribution >= 0.6 is 0 Å². The molecule has 0 radical (unpaired) electrons. The molecule has 1 heterocycles. The Morgan fingerprint density at radius 2 is 1.95 bits per heavy atom. The summed E-state index contributed by atoms with van der Waals surface area (Å²) in [6, 6.07) is 9.18. The van der Waals surface area contributed by atoms with Crippen molar-refractivity contribution in [1.29, 1.82) is 0 Å². The number of hydrogen-bond donors (Lipinski definition) is 1. The first-order chi connectivity index (χ1) is 10.0. The molecule has 2 rings (SSSR count). The normalized spacial score (nSPS) is 10.4. The highest BCUT2D eigenvalue weighted by Gasteiger charge is 2.26. The number of amides is 1. The summed E-state index contributed by atoms with van der Waals surface area (Å²) in [5.74, 6) is -1.07. The Bertz CT molecular complexity index is 649. The lowest BCUT2D eigenvalue weighted by molar-refractivity contribution is -0.137. The van der Waals surface area contributed by atoms with Gasteiger partial charge in [-0.15, -0.1) is 0 Å². The molecule has 0 spiro atoms. The second kappa shape index (κ2) is 6.21. The van der Waals surface area contributed by atoms with E-state index in [0.717, 1.165) is 5.56 Å². The third-order valence-electron chi connectivity index (χ3n) is 3.12. The lowest BCUT2D eigenvalue weighted by Gasteiger charge is -2.18. The van der Waals surface area contributed by atoms with E-state index in [0.29, 0.717) is 23.6 Å². The predicted molar refractivity (Wildman–Crippen MR) is 75.9 cm³/mol. The molecule has 0 bridgehead atoms. The minimum atomic E-state index is -1.06. The summed E-state index contributed by atoms with van der Waals surface area (Å²) >= 11 is 0. The predicted octanol–water partition coefficient (Wildman–Crippen LogP) is 2.20. The SMILES string of the molecule is CCN(CC(=O)O)C(=O)c1c(-c2ccccc2)noc1C. The maximum atomic E-state index is 12.6. The first kappa shape index (κ1) is 14.8. The van der Waals surface area contributed by atoms with Crippen LogP contribution in [0.3, 0.4) is 0 Å². The van der Waals surface area contributed by atoms with Crippen molar-refractivity contribution in [3.8, 4) is 11.3 Å². The minimum Gasteiger partial charge on any atom is -0.480 e. The van der Waals surface area contributed by atoms with Crippen molar-refractivity contribution in [2.24, 2.45) is 0 Å². The number of benzene rings is 1. The van der Waals surface area contributed by atoms with Crippen LogP contribution in [-0.2, 0) is 4.79 Å². The molecule has 110 valence electrons. The lowest BCUT2D eigenvalue weighted by Crippen LogP contribution is -2.35. The fourth-order valence-corrected chi connectivity index (χ4v) is 2.07. The third kappa shape index (κ3) is 3.10. The molecule has 0 atom stereocenters. The monoisotopic (exact) mass is 288 g/mol. The van der Waals surface area contributed by atoms with Gasteiger partial charge in [-0.2, -0.15) is 0 Å². The summed E-state index contributed by atoms with van der Waals surface area (Å²) in [7, 11) is 0. The molecule has 0 fully saturated rings. The number of carbonyl (C=O) groups excluding carboxylic acids is 1. The number of rotatable bonds is 5. The van der Waals surface area contributed by atoms with E-state index in [1.807, 2.05) is 30.3 Å². The van der Waals surface area contributed by atoms with Crippen LogP contribution in [0, 0.1) is 6.92 Å². The van der Waals surface area contributed by atoms with Gasteiger partial charge < -0.3 is 14.5 Å². The summed E-state index contributed by atoms with van der Waals surface area (Å²) in [5, 5.41) is 12.8. The standard InChI is InChI=1S/C15H16N2O4/c1-3-17(9-12(18)19)15(20)13-10(2)21-16-14(13)11-7-5-4-6-8-11/h4-8H,3,9H2,1-2H3,(H,18,19). The second-order valence-corrected chi connectivity index (χ2v) is 4.54. The van der Waals surface area contributed by atoms with Gasteiger partial charge in [0.1, 0.15) is 23.6 Å². The van der Waals surface area contributed by atoms with Gasteiger partial charge in [0.15, 0.2) is 0 Å². The van der Waals surface area contributed by atoms with Crippen LogP contribution < -0.4 is 0 Å². The molecule has 0 aliphatic rings. The molecule has 1 amide bonds. The number of aliphatic carboxylic acids is 1. The molecule has 1 aromatic heterocycles. The lowest BCUT2D eigenvalue weighted by atomic mass is 10.1. The Morgan fingerprint density at radius 3 is 2.52 bits per heavy atom. The Balaban J connectivity index is 2.42. The van der Waals surface area contributed by atoms with E-state index in [4.69, 9.17) is 9.63 Å². The van der Waals surface area contributed by atoms with Crippen LogP contribution in [0.25, 0.3) is 11.3 Å². The van der Waals surface area contributed by atoms with Crippen LogP contribution in [-0.4, -0.2) is 40.1 Å². The average Bonchev–Trinajstić information content (AvgIpc) is 2.86. The highest BCUT2D eigenvalue weighted by Crippen LogP contribution is 2.26. The van der Waals surface area contributed by atoms with E-state index in [2.05, 4.69) is 5.16 Å². The van der Waals surface area contributed by atoms with Crippen LogP contribution in [0.15, 0.2) is 34.9 Å². The molecule has 1 N–H and O–H groups in total. The van der Waals surface area contributed by atoms with E-state index in [9.17, 15) is 9.59 Å². The minimum absolute atomic E-state index is 0.296. The van der Waals surface area contributed by atoms with Crippen molar-refractivity contribution in [2.45, 2.75) is 13.8 Å². The summed E-state index contributed by atoms with van der Waals surface area (Å²) in [5.41, 5.74) is 1.50. The fraction of sp³-hybridized carbons (Fsp3) is 0.267. The van der Waals surface area contributed by atoms with Crippen LogP contribution in [0.5, 0.6) is 0 Å². The summed E-state index contributed by atoms with van der Waals surface area (Å²) in [4.78, 5) is 24.6. The van der Waals surface area contributed by atoms with Gasteiger partial charge in [-0.1, -0.05) is 35.5 Å². The van der Waals surface area contributed by atoms with E-state index < -0.39 is 11.9 Å². The van der Waals surface area contributed by atoms with E-state index in [1.165, 1.54) is 4.90 Å². The first-order valence-electron chi connectivity index (χ1n) is 6.57. The second-order valence-electron chi connectivity index (χ2n) is 4.54. The number of carboxylic acids is 1. The third-order valence-corrected chi connectivity index (χ3v) is 3.12. The maximum Gasteiger partial charge on any atom is 0.323 e. The van der Waals surface area contributed by atoms with Gasteiger partial charge in [0.2, 0.25) is 0 Å². The molecular weight excluding hydrogens is 272 g/mol. The number of carbonyl (C=O) groups is 2. The van der Waals surface area contributed by atoms with Crippen LogP contribution in [0.1, 0.15) is 23.0 Å². The van der Waals surface area contributed by atoms with Gasteiger partial charge in [-0.25, -0.2) is 0 Å². The zero-order chi connectivity index (χ0) is 15.4. The van der Waals surface area contributed by atoms with Crippen molar-refractivity contribution in [3.63, 3.8) is 0 Å². The van der Waals surface area contributed by atoms with E-state index in [-0.39, 0.29) is 6.54 Å². The molecule has 0 saturated carbocycles. The highest BCUT2D eigenvalue weighted by molar-refractivity contribution is 6.01. The smallest absolute Gasteiger partial charge is 0.323 e. The summed E-state index contributed by atoms with van der Waals surface area (Å²) in [6.45, 7) is 3.31. The van der Waals surface area contributed by atoms with Crippen molar-refractivity contribution in [2.75, 3.05) is 13.1 Å². The van der Waals surface area contributed by atoms with Gasteiger partial charge in [0, 0.05) is 12.1 Å². The molecule has 0 saturated heterocycles. The van der Waals surface area contributed by atoms with Gasteiger partial charge in [-0.05, 0) is 13.8 Å². The largest absolute Gasteiger partial charge is 0.480 e. The molecule has 2 aromatic rings. The molecule has 6 nitrogen and oxygen atoms in total. The zero-order valence-corrected chi connectivity index (χ0v) is 11.9. The van der Waals surface area contributed by atoms with E-state index >= 15 is 0 Å². The van der Waals surface area contributed by atoms with Gasteiger partial charge in [-0.3, -0.25) is 9.59 Å². The van der Waals surface area contributed by atoms with Crippen molar-refractivity contribution >= 4 is 11.9 Å². The van der Waals surface area contributed by atoms with Crippen LogP contribution in [0.4, 0.5) is 0 Å². The van der Waals surface area contributed by atoms with Crippen molar-refractivity contribution in [3.05, 3.63) is 41.7 Å². The zero-order valence-electron chi connectivity index (χ0n) is 11.9. The Labute approximate surface area is 122 Å². The molecule has 1 aromatic carbocycles. The number of nitrogens with zero attached hydrogens (tertiary/aromatic N) is 2. The topological polar surface area (TPSA) is 83.6 Å². The Kier molecular flexibility index (Phi) is 4.37. The molecule has 6 heteroatoms. The van der Waals surface area contributed by atoms with Crippen LogP contribution in [0.2, 0.25) is 0 Å². The maximum absolute atomic E-state index is 12.6. The molecule has 0 unspecified atom stereocenters. The fourth-order valence-electron chi connectivity index (χ4n) is 2.07. The summed E-state index contributed by atoms with van der Waals surface area (Å²) < 4.78 is 5.13.